The van der Waals surface area contributed by atoms with Crippen LogP contribution in [-0.2, 0) is 27.3 Å². The molecule has 40 heavy (non-hydrogen) atoms. The van der Waals surface area contributed by atoms with Crippen LogP contribution in [0.2, 0.25) is 5.02 Å². The van der Waals surface area contributed by atoms with Gasteiger partial charge in [-0.1, -0.05) is 41.9 Å². The highest BCUT2D eigenvalue weighted by atomic mass is 35.5. The summed E-state index contributed by atoms with van der Waals surface area (Å²) in [6.45, 7) is 5.39. The molecule has 1 atom stereocenters. The Hall–Kier alpha value is -4.37. The number of ether oxygens (including phenoxy) is 3. The molecule has 0 aliphatic rings. The van der Waals surface area contributed by atoms with Gasteiger partial charge in [-0.25, -0.2) is 4.79 Å². The van der Waals surface area contributed by atoms with Crippen molar-refractivity contribution >= 4 is 23.7 Å². The van der Waals surface area contributed by atoms with E-state index in [0.29, 0.717) is 22.1 Å². The number of nitrogens with zero attached hydrogens (tertiary/aromatic N) is 2. The zero-order valence-electron chi connectivity index (χ0n) is 22.4. The number of aromatic nitrogens is 2. The standard InChI is InChI=1S/C30H30ClN3O6/c1-30(2,3)40-29(36)32-23(18-27(35)37-19-20-7-5-4-6-8-20)17-26-33-34-28(39-26)21-9-13-24(14-10-21)38-25-15-11-22(31)12-16-25/h4-16,23H,17-19H2,1-3H3,(H,32,36)/t23-/m1/s1. The number of amides is 1. The van der Waals surface area contributed by atoms with Crippen LogP contribution in [0.5, 0.6) is 11.5 Å². The Kier molecular flexibility index (Phi) is 9.39. The third-order valence-electron chi connectivity index (χ3n) is 5.42. The van der Waals surface area contributed by atoms with Crippen LogP contribution in [0.1, 0.15) is 38.6 Å². The molecule has 0 saturated heterocycles. The van der Waals surface area contributed by atoms with Gasteiger partial charge in [-0.3, -0.25) is 4.79 Å². The number of nitrogens with one attached hydrogen (secondary N) is 1. The molecule has 0 bridgehead atoms. The van der Waals surface area contributed by atoms with Crippen molar-refractivity contribution in [2.24, 2.45) is 0 Å². The molecule has 0 aliphatic carbocycles. The minimum absolute atomic E-state index is 0.102. The Morgan fingerprint density at radius 3 is 2.23 bits per heavy atom. The number of benzene rings is 3. The van der Waals surface area contributed by atoms with Crippen LogP contribution < -0.4 is 10.1 Å². The Morgan fingerprint density at radius 2 is 1.57 bits per heavy atom. The van der Waals surface area contributed by atoms with Crippen LogP contribution in [0, 0.1) is 0 Å². The molecule has 1 amide bonds. The lowest BCUT2D eigenvalue weighted by Gasteiger charge is -2.22. The minimum atomic E-state index is -0.705. The van der Waals surface area contributed by atoms with Gasteiger partial charge >= 0.3 is 12.1 Å². The molecule has 4 aromatic rings. The minimum Gasteiger partial charge on any atom is -0.461 e. The second-order valence-corrected chi connectivity index (χ2v) is 10.4. The molecule has 0 radical (unpaired) electrons. The Balaban J connectivity index is 1.40. The van der Waals surface area contributed by atoms with Crippen LogP contribution in [0.4, 0.5) is 4.79 Å². The molecule has 1 aromatic heterocycles. The van der Waals surface area contributed by atoms with E-state index >= 15 is 0 Å². The third-order valence-corrected chi connectivity index (χ3v) is 5.67. The maximum absolute atomic E-state index is 12.6. The molecule has 1 N–H and O–H groups in total. The van der Waals surface area contributed by atoms with Crippen molar-refractivity contribution in [3.8, 4) is 23.0 Å². The molecule has 0 aliphatic heterocycles. The summed E-state index contributed by atoms with van der Waals surface area (Å²) in [6.07, 6.45) is -0.672. The highest BCUT2D eigenvalue weighted by Gasteiger charge is 2.24. The summed E-state index contributed by atoms with van der Waals surface area (Å²) >= 11 is 5.92. The van der Waals surface area contributed by atoms with Crippen molar-refractivity contribution in [3.63, 3.8) is 0 Å². The van der Waals surface area contributed by atoms with E-state index < -0.39 is 23.7 Å². The predicted molar refractivity (Wildman–Crippen MR) is 149 cm³/mol. The Bertz CT molecular complexity index is 1400. The second-order valence-electron chi connectivity index (χ2n) is 9.98. The summed E-state index contributed by atoms with van der Waals surface area (Å²) in [5.74, 6) is 1.33. The molecule has 0 fully saturated rings. The third kappa shape index (κ3) is 9.13. The number of rotatable bonds is 10. The fraction of sp³-hybridized carbons (Fsp3) is 0.267. The topological polar surface area (TPSA) is 113 Å². The number of carbonyl (C=O) groups excluding carboxylic acids is 2. The van der Waals surface area contributed by atoms with Gasteiger partial charge in [-0.2, -0.15) is 0 Å². The fourth-order valence-corrected chi connectivity index (χ4v) is 3.74. The molecule has 3 aromatic carbocycles. The summed E-state index contributed by atoms with van der Waals surface area (Å²) < 4.78 is 22.4. The normalized spacial score (nSPS) is 11.9. The lowest BCUT2D eigenvalue weighted by atomic mass is 10.1. The average molecular weight is 564 g/mol. The van der Waals surface area contributed by atoms with Crippen LogP contribution in [0.3, 0.4) is 0 Å². The first-order valence-electron chi connectivity index (χ1n) is 12.7. The smallest absolute Gasteiger partial charge is 0.407 e. The van der Waals surface area contributed by atoms with Crippen molar-refractivity contribution in [1.29, 1.82) is 0 Å². The van der Waals surface area contributed by atoms with E-state index in [4.69, 9.17) is 30.2 Å². The average Bonchev–Trinajstić information content (AvgIpc) is 3.37. The Labute approximate surface area is 237 Å². The Morgan fingerprint density at radius 1 is 0.925 bits per heavy atom. The van der Waals surface area contributed by atoms with E-state index in [1.165, 1.54) is 0 Å². The van der Waals surface area contributed by atoms with Gasteiger partial charge in [-0.15, -0.1) is 10.2 Å². The van der Waals surface area contributed by atoms with Crippen molar-refractivity contribution in [3.05, 3.63) is 95.3 Å². The van der Waals surface area contributed by atoms with Gasteiger partial charge in [0.25, 0.3) is 0 Å². The van der Waals surface area contributed by atoms with Gasteiger partial charge in [0.15, 0.2) is 0 Å². The highest BCUT2D eigenvalue weighted by Crippen LogP contribution is 2.26. The maximum atomic E-state index is 12.6. The van der Waals surface area contributed by atoms with Crippen LogP contribution >= 0.6 is 11.6 Å². The predicted octanol–water partition coefficient (Wildman–Crippen LogP) is 6.75. The zero-order valence-corrected chi connectivity index (χ0v) is 23.2. The van der Waals surface area contributed by atoms with E-state index in [9.17, 15) is 9.59 Å². The fourth-order valence-electron chi connectivity index (χ4n) is 3.61. The maximum Gasteiger partial charge on any atom is 0.407 e. The van der Waals surface area contributed by atoms with Crippen LogP contribution in [0.15, 0.2) is 83.3 Å². The van der Waals surface area contributed by atoms with E-state index in [-0.39, 0.29) is 31.2 Å². The van der Waals surface area contributed by atoms with Crippen molar-refractivity contribution in [1.82, 2.24) is 15.5 Å². The van der Waals surface area contributed by atoms with Gasteiger partial charge in [0.1, 0.15) is 23.7 Å². The van der Waals surface area contributed by atoms with E-state index in [1.807, 2.05) is 30.3 Å². The lowest BCUT2D eigenvalue weighted by molar-refractivity contribution is -0.145. The van der Waals surface area contributed by atoms with Gasteiger partial charge in [-0.05, 0) is 74.9 Å². The molecule has 0 unspecified atom stereocenters. The largest absolute Gasteiger partial charge is 0.461 e. The molecule has 4 rings (SSSR count). The van der Waals surface area contributed by atoms with Gasteiger partial charge in [0.05, 0.1) is 12.5 Å². The molecular weight excluding hydrogens is 534 g/mol. The molecule has 208 valence electrons. The van der Waals surface area contributed by atoms with Crippen LogP contribution in [0.25, 0.3) is 11.5 Å². The van der Waals surface area contributed by atoms with Gasteiger partial charge in [0.2, 0.25) is 11.8 Å². The first-order chi connectivity index (χ1) is 19.1. The van der Waals surface area contributed by atoms with E-state index in [0.717, 1.165) is 5.56 Å². The molecule has 0 spiro atoms. The lowest BCUT2D eigenvalue weighted by Crippen LogP contribution is -2.41. The highest BCUT2D eigenvalue weighted by molar-refractivity contribution is 6.30. The van der Waals surface area contributed by atoms with E-state index in [1.54, 1.807) is 69.3 Å². The van der Waals surface area contributed by atoms with Gasteiger partial charge < -0.3 is 23.9 Å². The van der Waals surface area contributed by atoms with Crippen molar-refractivity contribution in [2.45, 2.75) is 51.9 Å². The monoisotopic (exact) mass is 563 g/mol. The van der Waals surface area contributed by atoms with Crippen molar-refractivity contribution < 1.29 is 28.2 Å². The number of alkyl carbamates (subject to hydrolysis) is 1. The second kappa shape index (κ2) is 13.1. The quantitative estimate of drug-likeness (QED) is 0.211. The summed E-state index contributed by atoms with van der Waals surface area (Å²) in [5.41, 5.74) is 0.837. The molecule has 10 heteroatoms. The first-order valence-corrected chi connectivity index (χ1v) is 13.1. The number of esters is 1. The molecular formula is C30H30ClN3O6. The summed E-state index contributed by atoms with van der Waals surface area (Å²) in [7, 11) is 0. The zero-order chi connectivity index (χ0) is 28.5. The molecule has 0 saturated carbocycles. The first kappa shape index (κ1) is 28.6. The van der Waals surface area contributed by atoms with Crippen LogP contribution in [-0.4, -0.2) is 33.9 Å². The van der Waals surface area contributed by atoms with E-state index in [2.05, 4.69) is 15.5 Å². The number of hydrogen-bond donors (Lipinski definition) is 1. The molecule has 9 nitrogen and oxygen atoms in total. The van der Waals surface area contributed by atoms with Crippen molar-refractivity contribution in [2.75, 3.05) is 0 Å². The SMILES string of the molecule is CC(C)(C)OC(=O)N[C@@H](CC(=O)OCc1ccccc1)Cc1nnc(-c2ccc(Oc3ccc(Cl)cc3)cc2)o1. The van der Waals surface area contributed by atoms with Gasteiger partial charge in [0, 0.05) is 17.0 Å². The number of carbonyl (C=O) groups is 2. The summed E-state index contributed by atoms with van der Waals surface area (Å²) in [4.78, 5) is 25.0. The summed E-state index contributed by atoms with van der Waals surface area (Å²) in [5, 5.41) is 11.6. The number of halogens is 1. The number of hydrogen-bond acceptors (Lipinski definition) is 8. The summed E-state index contributed by atoms with van der Waals surface area (Å²) in [6, 6.07) is 22.8. The molecule has 1 heterocycles.